The number of nitriles is 1. The molecule has 1 aliphatic heterocycles. The Hall–Kier alpha value is -3.55. The minimum absolute atomic E-state index is 0.183. The zero-order chi connectivity index (χ0) is 22.0. The maximum atomic E-state index is 12.2. The number of amides is 1. The minimum atomic E-state index is -1.40. The number of primary amides is 1. The molecule has 0 aliphatic carbocycles. The molecule has 4 rings (SSSR count). The third kappa shape index (κ3) is 3.81. The summed E-state index contributed by atoms with van der Waals surface area (Å²) in [5.41, 5.74) is 6.77. The molecule has 1 fully saturated rings. The predicted octanol–water partition coefficient (Wildman–Crippen LogP) is 0.505. The highest BCUT2D eigenvalue weighted by Crippen LogP contribution is 2.27. The van der Waals surface area contributed by atoms with Gasteiger partial charge in [0, 0.05) is 38.2 Å². The van der Waals surface area contributed by atoms with E-state index >= 15 is 0 Å². The molecule has 0 spiro atoms. The van der Waals surface area contributed by atoms with Gasteiger partial charge in [0.1, 0.15) is 0 Å². The van der Waals surface area contributed by atoms with Gasteiger partial charge in [-0.3, -0.25) is 9.36 Å². The molecular formula is C21H22N6O4. The summed E-state index contributed by atoms with van der Waals surface area (Å²) in [5, 5.41) is 12.9. The number of rotatable bonds is 5. The molecule has 160 valence electrons. The van der Waals surface area contributed by atoms with E-state index in [1.807, 2.05) is 0 Å². The second-order valence-corrected chi connectivity index (χ2v) is 7.54. The number of nitrogens with two attached hydrogens (primary N) is 1. The third-order valence-corrected chi connectivity index (χ3v) is 5.58. The maximum Gasteiger partial charge on any atom is 0.419 e. The Balaban J connectivity index is 1.59. The standard InChI is InChI=1S/C21H22N6O4/c1-27-16-8-14(3-4-17(16)31-20(27)29)18-25-10-13(11-26-18)7-15(9-22)21(19(23)28)12-24-5-2-6-30-21/h3-4,8,10-11,15,24H,2,5-7,12H2,1H3,(H2,23,28)/t15-,21?/m1/s1. The van der Waals surface area contributed by atoms with E-state index in [1.165, 1.54) is 4.57 Å². The Kier molecular flexibility index (Phi) is 5.54. The molecule has 0 saturated carbocycles. The number of nitrogens with zero attached hydrogens (tertiary/aromatic N) is 4. The SMILES string of the molecule is Cn1c(=O)oc2ccc(-c3ncc(C[C@H](C#N)C4(C(N)=O)CNCCCO4)cn3)cc21. The van der Waals surface area contributed by atoms with Gasteiger partial charge in [0.2, 0.25) is 0 Å². The molecule has 1 saturated heterocycles. The molecule has 1 aromatic carbocycles. The van der Waals surface area contributed by atoms with Gasteiger partial charge < -0.3 is 20.2 Å². The third-order valence-electron chi connectivity index (χ3n) is 5.58. The van der Waals surface area contributed by atoms with E-state index in [1.54, 1.807) is 37.6 Å². The summed E-state index contributed by atoms with van der Waals surface area (Å²) in [6.45, 7) is 1.23. The lowest BCUT2D eigenvalue weighted by Gasteiger charge is -2.33. The first-order valence-electron chi connectivity index (χ1n) is 9.89. The van der Waals surface area contributed by atoms with E-state index in [9.17, 15) is 14.9 Å². The number of aromatic nitrogens is 3. The normalized spacial score (nSPS) is 20.1. The zero-order valence-corrected chi connectivity index (χ0v) is 17.0. The molecule has 2 atom stereocenters. The van der Waals surface area contributed by atoms with Crippen LogP contribution in [0.3, 0.4) is 0 Å². The van der Waals surface area contributed by atoms with Crippen molar-refractivity contribution in [3.8, 4) is 17.5 Å². The highest BCUT2D eigenvalue weighted by atomic mass is 16.5. The number of nitrogens with one attached hydrogen (secondary N) is 1. The Bertz CT molecular complexity index is 1200. The van der Waals surface area contributed by atoms with Crippen LogP contribution >= 0.6 is 0 Å². The molecule has 31 heavy (non-hydrogen) atoms. The summed E-state index contributed by atoms with van der Waals surface area (Å²) in [5.74, 6) is -1.43. The van der Waals surface area contributed by atoms with Crippen LogP contribution in [0.2, 0.25) is 0 Å². The summed E-state index contributed by atoms with van der Waals surface area (Å²) in [6.07, 6.45) is 4.18. The topological polar surface area (TPSA) is 149 Å². The summed E-state index contributed by atoms with van der Waals surface area (Å²) < 4.78 is 12.3. The number of hydrogen-bond donors (Lipinski definition) is 2. The quantitative estimate of drug-likeness (QED) is 0.604. The van der Waals surface area contributed by atoms with Crippen molar-refractivity contribution in [2.24, 2.45) is 18.7 Å². The van der Waals surface area contributed by atoms with E-state index in [0.717, 1.165) is 12.0 Å². The van der Waals surface area contributed by atoms with Crippen molar-refractivity contribution in [2.75, 3.05) is 19.7 Å². The van der Waals surface area contributed by atoms with Crippen molar-refractivity contribution in [1.82, 2.24) is 19.9 Å². The first-order chi connectivity index (χ1) is 14.9. The molecule has 3 heterocycles. The van der Waals surface area contributed by atoms with Crippen LogP contribution in [0.1, 0.15) is 12.0 Å². The second-order valence-electron chi connectivity index (χ2n) is 7.54. The lowest BCUT2D eigenvalue weighted by atomic mass is 9.83. The number of fused-ring (bicyclic) bond motifs is 1. The summed E-state index contributed by atoms with van der Waals surface area (Å²) >= 11 is 0. The first kappa shape index (κ1) is 20.7. The fraction of sp³-hybridized carbons (Fsp3) is 0.381. The lowest BCUT2D eigenvalue weighted by molar-refractivity contribution is -0.147. The van der Waals surface area contributed by atoms with E-state index in [0.29, 0.717) is 35.6 Å². The van der Waals surface area contributed by atoms with Crippen LogP contribution in [0.15, 0.2) is 39.8 Å². The molecule has 2 aromatic heterocycles. The van der Waals surface area contributed by atoms with Gasteiger partial charge >= 0.3 is 5.76 Å². The van der Waals surface area contributed by atoms with Gasteiger partial charge in [0.25, 0.3) is 5.91 Å². The Morgan fingerprint density at radius 3 is 2.90 bits per heavy atom. The van der Waals surface area contributed by atoms with Crippen LogP contribution in [-0.4, -0.2) is 45.7 Å². The molecule has 0 radical (unpaired) electrons. The monoisotopic (exact) mass is 422 g/mol. The molecule has 0 bridgehead atoms. The van der Waals surface area contributed by atoms with Crippen molar-refractivity contribution in [1.29, 1.82) is 5.26 Å². The number of oxazole rings is 1. The largest absolute Gasteiger partial charge is 0.419 e. The number of carbonyl (C=O) groups excluding carboxylic acids is 1. The maximum absolute atomic E-state index is 12.2. The fourth-order valence-electron chi connectivity index (χ4n) is 3.76. The lowest BCUT2D eigenvalue weighted by Crippen LogP contribution is -2.57. The number of aryl methyl sites for hydroxylation is 1. The first-order valence-corrected chi connectivity index (χ1v) is 9.89. The number of hydrogen-bond acceptors (Lipinski definition) is 8. The van der Waals surface area contributed by atoms with E-state index < -0.39 is 23.2 Å². The van der Waals surface area contributed by atoms with Crippen LogP contribution in [0.25, 0.3) is 22.5 Å². The zero-order valence-electron chi connectivity index (χ0n) is 17.0. The van der Waals surface area contributed by atoms with Crippen LogP contribution in [0, 0.1) is 17.2 Å². The Morgan fingerprint density at radius 1 is 1.42 bits per heavy atom. The molecule has 10 nitrogen and oxygen atoms in total. The summed E-state index contributed by atoms with van der Waals surface area (Å²) in [6, 6.07) is 7.43. The van der Waals surface area contributed by atoms with Gasteiger partial charge in [-0.05, 0) is 43.1 Å². The molecule has 1 amide bonds. The van der Waals surface area contributed by atoms with Gasteiger partial charge in [-0.2, -0.15) is 5.26 Å². The highest BCUT2D eigenvalue weighted by Gasteiger charge is 2.46. The molecule has 3 N–H and O–H groups in total. The van der Waals surface area contributed by atoms with Crippen LogP contribution in [0.5, 0.6) is 0 Å². The van der Waals surface area contributed by atoms with Crippen molar-refractivity contribution < 1.29 is 13.9 Å². The fourth-order valence-corrected chi connectivity index (χ4v) is 3.76. The summed E-state index contributed by atoms with van der Waals surface area (Å²) in [7, 11) is 1.63. The highest BCUT2D eigenvalue weighted by molar-refractivity contribution is 5.85. The van der Waals surface area contributed by atoms with E-state index in [2.05, 4.69) is 21.4 Å². The Morgan fingerprint density at radius 2 is 2.19 bits per heavy atom. The number of carbonyl (C=O) groups is 1. The van der Waals surface area contributed by atoms with E-state index in [-0.39, 0.29) is 13.0 Å². The van der Waals surface area contributed by atoms with Crippen LogP contribution in [0.4, 0.5) is 0 Å². The average molecular weight is 422 g/mol. The molecule has 1 aliphatic rings. The minimum Gasteiger partial charge on any atom is -0.408 e. The molecule has 3 aromatic rings. The van der Waals surface area contributed by atoms with Crippen LogP contribution in [-0.2, 0) is 23.0 Å². The van der Waals surface area contributed by atoms with Gasteiger partial charge in [-0.15, -0.1) is 0 Å². The van der Waals surface area contributed by atoms with Crippen molar-refractivity contribution >= 4 is 17.0 Å². The van der Waals surface area contributed by atoms with Gasteiger partial charge in [0.15, 0.2) is 17.0 Å². The van der Waals surface area contributed by atoms with Crippen molar-refractivity contribution in [3.63, 3.8) is 0 Å². The number of benzene rings is 1. The van der Waals surface area contributed by atoms with Crippen molar-refractivity contribution in [2.45, 2.75) is 18.4 Å². The number of ether oxygens (including phenoxy) is 1. The average Bonchev–Trinajstić information content (AvgIpc) is 2.95. The van der Waals surface area contributed by atoms with Crippen molar-refractivity contribution in [3.05, 3.63) is 46.7 Å². The van der Waals surface area contributed by atoms with Gasteiger partial charge in [0.05, 0.1) is 17.5 Å². The van der Waals surface area contributed by atoms with Gasteiger partial charge in [-0.1, -0.05) is 0 Å². The smallest absolute Gasteiger partial charge is 0.408 e. The molecule has 10 heteroatoms. The second kappa shape index (κ2) is 8.29. The van der Waals surface area contributed by atoms with E-state index in [4.69, 9.17) is 14.9 Å². The Labute approximate surface area is 177 Å². The summed E-state index contributed by atoms with van der Waals surface area (Å²) in [4.78, 5) is 32.7. The predicted molar refractivity (Wildman–Crippen MR) is 111 cm³/mol. The molecule has 1 unspecified atom stereocenters. The molecular weight excluding hydrogens is 400 g/mol. The van der Waals surface area contributed by atoms with Crippen LogP contribution < -0.4 is 16.8 Å². The van der Waals surface area contributed by atoms with Gasteiger partial charge in [-0.25, -0.2) is 14.8 Å².